The first-order valence-corrected chi connectivity index (χ1v) is 6.67. The second-order valence-electron chi connectivity index (χ2n) is 4.61. The van der Waals surface area contributed by atoms with Gasteiger partial charge in [0.2, 0.25) is 0 Å². The van der Waals surface area contributed by atoms with Crippen molar-refractivity contribution >= 4 is 22.1 Å². The highest BCUT2D eigenvalue weighted by Gasteiger charge is 2.28. The Bertz CT molecular complexity index is 604. The van der Waals surface area contributed by atoms with Gasteiger partial charge < -0.3 is 5.73 Å². The lowest BCUT2D eigenvalue weighted by Gasteiger charge is -2.07. The van der Waals surface area contributed by atoms with Crippen molar-refractivity contribution in [2.24, 2.45) is 0 Å². The van der Waals surface area contributed by atoms with Crippen LogP contribution >= 0.6 is 11.3 Å². The molecule has 0 saturated heterocycles. The molecule has 1 aliphatic rings. The maximum Gasteiger partial charge on any atom is 0.196 e. The molecule has 2 heterocycles. The summed E-state index contributed by atoms with van der Waals surface area (Å²) in [6.07, 6.45) is 0. The zero-order chi connectivity index (χ0) is 12.7. The first kappa shape index (κ1) is 11.4. The van der Waals surface area contributed by atoms with Gasteiger partial charge in [0.15, 0.2) is 5.78 Å². The van der Waals surface area contributed by atoms with Crippen LogP contribution in [0.25, 0.3) is 0 Å². The van der Waals surface area contributed by atoms with Crippen molar-refractivity contribution in [1.82, 2.24) is 4.90 Å². The molecule has 0 unspecified atom stereocenters. The topological polar surface area (TPSA) is 46.3 Å². The van der Waals surface area contributed by atoms with E-state index in [4.69, 9.17) is 5.73 Å². The van der Waals surface area contributed by atoms with E-state index >= 15 is 0 Å². The highest BCUT2D eigenvalue weighted by Crippen LogP contribution is 2.37. The molecule has 3 nitrogen and oxygen atoms in total. The average Bonchev–Trinajstić information content (AvgIpc) is 2.84. The molecule has 1 aromatic carbocycles. The molecule has 1 aliphatic heterocycles. The molecule has 92 valence electrons. The van der Waals surface area contributed by atoms with Crippen LogP contribution in [0.2, 0.25) is 0 Å². The summed E-state index contributed by atoms with van der Waals surface area (Å²) in [4.78, 5) is 15.9. The minimum atomic E-state index is 0.0425. The van der Waals surface area contributed by atoms with Gasteiger partial charge in [-0.3, -0.25) is 9.69 Å². The fourth-order valence-electron chi connectivity index (χ4n) is 2.38. The third-order valence-corrected chi connectivity index (χ3v) is 4.27. The lowest BCUT2D eigenvalue weighted by atomic mass is 10.0. The number of hydrogen-bond donors (Lipinski definition) is 1. The highest BCUT2D eigenvalue weighted by molar-refractivity contribution is 7.16. The molecule has 0 spiro atoms. The molecule has 0 atom stereocenters. The number of ketones is 1. The number of anilines is 1. The normalized spacial score (nSPS) is 14.7. The Hall–Kier alpha value is -1.65. The van der Waals surface area contributed by atoms with E-state index in [-0.39, 0.29) is 5.78 Å². The highest BCUT2D eigenvalue weighted by atomic mass is 32.1. The minimum absolute atomic E-state index is 0.0425. The summed E-state index contributed by atoms with van der Waals surface area (Å²) >= 11 is 1.55. The van der Waals surface area contributed by atoms with Gasteiger partial charge in [0.25, 0.3) is 0 Å². The molecule has 18 heavy (non-hydrogen) atoms. The zero-order valence-corrected chi connectivity index (χ0v) is 11.0. The van der Waals surface area contributed by atoms with Crippen molar-refractivity contribution in [3.63, 3.8) is 0 Å². The second kappa shape index (κ2) is 4.23. The lowest BCUT2D eigenvalue weighted by molar-refractivity contribution is 0.103. The van der Waals surface area contributed by atoms with Crippen LogP contribution in [-0.4, -0.2) is 17.7 Å². The van der Waals surface area contributed by atoms with Gasteiger partial charge in [-0.25, -0.2) is 0 Å². The van der Waals surface area contributed by atoms with Crippen LogP contribution in [0.5, 0.6) is 0 Å². The number of thiophene rings is 1. The van der Waals surface area contributed by atoms with E-state index in [0.29, 0.717) is 16.1 Å². The molecule has 2 aromatic rings. The summed E-state index contributed by atoms with van der Waals surface area (Å²) in [5.41, 5.74) is 8.56. The van der Waals surface area contributed by atoms with Gasteiger partial charge in [-0.1, -0.05) is 30.3 Å². The fourth-order valence-corrected chi connectivity index (χ4v) is 3.54. The second-order valence-corrected chi connectivity index (χ2v) is 5.75. The predicted molar refractivity (Wildman–Crippen MR) is 73.8 cm³/mol. The van der Waals surface area contributed by atoms with E-state index in [1.807, 2.05) is 30.3 Å². The van der Waals surface area contributed by atoms with Crippen LogP contribution in [0.1, 0.15) is 26.4 Å². The van der Waals surface area contributed by atoms with E-state index in [1.54, 1.807) is 11.3 Å². The van der Waals surface area contributed by atoms with E-state index in [0.717, 1.165) is 18.7 Å². The number of nitrogens with two attached hydrogens (primary N) is 1. The van der Waals surface area contributed by atoms with Gasteiger partial charge in [0.1, 0.15) is 0 Å². The van der Waals surface area contributed by atoms with Crippen LogP contribution < -0.4 is 5.73 Å². The number of nitrogens with zero attached hydrogens (tertiary/aromatic N) is 1. The van der Waals surface area contributed by atoms with Crippen molar-refractivity contribution in [3.05, 3.63) is 51.9 Å². The minimum Gasteiger partial charge on any atom is -0.390 e. The Morgan fingerprint density at radius 3 is 2.72 bits per heavy atom. The average molecular weight is 258 g/mol. The first-order chi connectivity index (χ1) is 8.66. The van der Waals surface area contributed by atoms with Crippen LogP contribution in [0.15, 0.2) is 30.3 Å². The summed E-state index contributed by atoms with van der Waals surface area (Å²) in [5, 5.41) is 0.655. The molecule has 0 radical (unpaired) electrons. The maximum atomic E-state index is 12.5. The predicted octanol–water partition coefficient (Wildman–Crippen LogP) is 2.51. The van der Waals surface area contributed by atoms with Crippen molar-refractivity contribution in [3.8, 4) is 0 Å². The number of hydrogen-bond acceptors (Lipinski definition) is 4. The first-order valence-electron chi connectivity index (χ1n) is 5.85. The van der Waals surface area contributed by atoms with Crippen LogP contribution in [-0.2, 0) is 13.1 Å². The quantitative estimate of drug-likeness (QED) is 0.842. The van der Waals surface area contributed by atoms with E-state index in [9.17, 15) is 4.79 Å². The number of benzene rings is 1. The Morgan fingerprint density at radius 2 is 2.00 bits per heavy atom. The van der Waals surface area contributed by atoms with Gasteiger partial charge in [0.05, 0.1) is 10.6 Å². The third-order valence-electron chi connectivity index (χ3n) is 3.22. The van der Waals surface area contributed by atoms with Gasteiger partial charge in [-0.15, -0.1) is 11.3 Å². The molecule has 0 saturated carbocycles. The smallest absolute Gasteiger partial charge is 0.196 e. The number of fused-ring (bicyclic) bond motifs is 1. The molecule has 1 aromatic heterocycles. The van der Waals surface area contributed by atoms with Gasteiger partial charge in [-0.2, -0.15) is 0 Å². The van der Waals surface area contributed by atoms with Gasteiger partial charge in [0, 0.05) is 23.5 Å². The molecule has 0 aliphatic carbocycles. The Morgan fingerprint density at radius 1 is 1.28 bits per heavy atom. The Labute approximate surface area is 110 Å². The molecule has 0 amide bonds. The SMILES string of the molecule is CN1Cc2sc(N)c(C(=O)c3ccccc3)c2C1. The fraction of sp³-hybridized carbons (Fsp3) is 0.214. The van der Waals surface area contributed by atoms with Crippen molar-refractivity contribution < 1.29 is 4.79 Å². The summed E-state index contributed by atoms with van der Waals surface area (Å²) in [7, 11) is 2.06. The standard InChI is InChI=1S/C14H14N2OS/c1-16-7-10-11(8-16)18-14(15)12(10)13(17)9-5-3-2-4-6-9/h2-6H,7-8,15H2,1H3. The molecular weight excluding hydrogens is 244 g/mol. The Balaban J connectivity index is 2.06. The molecule has 2 N–H and O–H groups in total. The summed E-state index contributed by atoms with van der Waals surface area (Å²) in [6, 6.07) is 9.34. The molecular formula is C14H14N2OS. The zero-order valence-electron chi connectivity index (χ0n) is 10.1. The Kier molecular flexibility index (Phi) is 2.69. The third kappa shape index (κ3) is 1.74. The molecule has 3 rings (SSSR count). The van der Waals surface area contributed by atoms with Crippen molar-refractivity contribution in [2.75, 3.05) is 12.8 Å². The van der Waals surface area contributed by atoms with Gasteiger partial charge in [-0.05, 0) is 12.6 Å². The summed E-state index contributed by atoms with van der Waals surface area (Å²) < 4.78 is 0. The van der Waals surface area contributed by atoms with E-state index < -0.39 is 0 Å². The molecule has 0 bridgehead atoms. The monoisotopic (exact) mass is 258 g/mol. The molecule has 4 heteroatoms. The summed E-state index contributed by atoms with van der Waals surface area (Å²) in [6.45, 7) is 1.71. The number of nitrogen functional groups attached to an aromatic ring is 1. The number of carbonyl (C=O) groups is 1. The number of carbonyl (C=O) groups excluding carboxylic acids is 1. The van der Waals surface area contributed by atoms with Crippen molar-refractivity contribution in [2.45, 2.75) is 13.1 Å². The molecule has 0 fully saturated rings. The van der Waals surface area contributed by atoms with Crippen LogP contribution in [0.4, 0.5) is 5.00 Å². The van der Waals surface area contributed by atoms with Crippen LogP contribution in [0, 0.1) is 0 Å². The lowest BCUT2D eigenvalue weighted by Crippen LogP contribution is -2.11. The largest absolute Gasteiger partial charge is 0.390 e. The van der Waals surface area contributed by atoms with E-state index in [2.05, 4.69) is 11.9 Å². The van der Waals surface area contributed by atoms with Gasteiger partial charge >= 0.3 is 0 Å². The maximum absolute atomic E-state index is 12.5. The van der Waals surface area contributed by atoms with E-state index in [1.165, 1.54) is 4.88 Å². The summed E-state index contributed by atoms with van der Waals surface area (Å²) in [5.74, 6) is 0.0425. The van der Waals surface area contributed by atoms with Crippen LogP contribution in [0.3, 0.4) is 0 Å². The number of rotatable bonds is 2. The van der Waals surface area contributed by atoms with Crippen molar-refractivity contribution in [1.29, 1.82) is 0 Å².